The molecule has 1 heterocycles. The van der Waals surface area contributed by atoms with Gasteiger partial charge in [0.15, 0.2) is 5.82 Å². The Morgan fingerprint density at radius 2 is 1.33 bits per heavy atom. The summed E-state index contributed by atoms with van der Waals surface area (Å²) in [4.78, 5) is 9.89. The molecule has 4 N–H and O–H groups in total. The number of hydrogen-bond donors (Lipinski definition) is 4. The Kier molecular flexibility index (Phi) is 13.6. The zero-order chi connectivity index (χ0) is 39.8. The summed E-state index contributed by atoms with van der Waals surface area (Å²) in [6.07, 6.45) is -1.45. The summed E-state index contributed by atoms with van der Waals surface area (Å²) < 4.78 is 80.2. The van der Waals surface area contributed by atoms with E-state index in [1.165, 1.54) is 32.1 Å². The SMILES string of the molecule is COc1ccc(CN(Cc2ccc(OC)cc2)S(=O)(=O)c2c(S(=O)(=O)N[C@@H](CO)CNC(=O)O)ccc(I)c2-c2nnnn2Cc2ccc(OC)cc2)cc1. The zero-order valence-corrected chi connectivity index (χ0v) is 33.6. The monoisotopic (exact) mass is 907 g/mol. The fourth-order valence-electron chi connectivity index (χ4n) is 5.47. The lowest BCUT2D eigenvalue weighted by atomic mass is 10.2. The Bertz CT molecular complexity index is 2260. The van der Waals surface area contributed by atoms with Crippen molar-refractivity contribution in [2.45, 2.75) is 35.5 Å². The first-order chi connectivity index (χ1) is 26.3. The summed E-state index contributed by atoms with van der Waals surface area (Å²) in [5, 5.41) is 33.3. The Morgan fingerprint density at radius 1 is 0.818 bits per heavy atom. The van der Waals surface area contributed by atoms with Crippen LogP contribution >= 0.6 is 22.6 Å². The van der Waals surface area contributed by atoms with Crippen LogP contribution in [0.4, 0.5) is 4.79 Å². The normalized spacial score (nSPS) is 12.3. The average Bonchev–Trinajstić information content (AvgIpc) is 3.64. The Morgan fingerprint density at radius 3 is 1.80 bits per heavy atom. The number of ether oxygens (including phenoxy) is 3. The highest BCUT2D eigenvalue weighted by atomic mass is 127. The molecule has 0 saturated carbocycles. The van der Waals surface area contributed by atoms with E-state index in [0.29, 0.717) is 31.9 Å². The maximum atomic E-state index is 15.4. The molecule has 0 aliphatic rings. The van der Waals surface area contributed by atoms with Gasteiger partial charge in [0.05, 0.1) is 46.1 Å². The van der Waals surface area contributed by atoms with Crippen molar-refractivity contribution in [3.05, 3.63) is 105 Å². The molecule has 0 radical (unpaired) electrons. The maximum absolute atomic E-state index is 15.4. The molecule has 0 aliphatic heterocycles. The van der Waals surface area contributed by atoms with Crippen LogP contribution < -0.4 is 24.2 Å². The summed E-state index contributed by atoms with van der Waals surface area (Å²) in [6.45, 7) is -1.64. The van der Waals surface area contributed by atoms with Crippen LogP contribution in [0.15, 0.2) is 94.7 Å². The number of rotatable bonds is 18. The number of carboxylic acid groups (broad SMARTS) is 1. The van der Waals surface area contributed by atoms with Crippen LogP contribution in [0.25, 0.3) is 11.4 Å². The van der Waals surface area contributed by atoms with E-state index >= 15 is 8.42 Å². The van der Waals surface area contributed by atoms with E-state index in [0.717, 1.165) is 15.9 Å². The van der Waals surface area contributed by atoms with Gasteiger partial charge in [-0.25, -0.2) is 31.0 Å². The van der Waals surface area contributed by atoms with Crippen LogP contribution in [-0.2, 0) is 39.7 Å². The Hall–Kier alpha value is -4.87. The van der Waals surface area contributed by atoms with Gasteiger partial charge in [-0.05, 0) is 98.2 Å². The third-order valence-corrected chi connectivity index (χ3v) is 12.8. The number of nitrogens with zero attached hydrogens (tertiary/aromatic N) is 5. The molecule has 20 heteroatoms. The number of aliphatic hydroxyl groups excluding tert-OH is 1. The third kappa shape index (κ3) is 10.1. The summed E-state index contributed by atoms with van der Waals surface area (Å²) in [5.41, 5.74) is 1.77. The molecule has 55 heavy (non-hydrogen) atoms. The van der Waals surface area contributed by atoms with Gasteiger partial charge in [0, 0.05) is 23.2 Å². The zero-order valence-electron chi connectivity index (χ0n) is 29.8. The van der Waals surface area contributed by atoms with Gasteiger partial charge in [0.25, 0.3) is 0 Å². The van der Waals surface area contributed by atoms with Crippen LogP contribution in [0, 0.1) is 3.57 Å². The first kappa shape index (κ1) is 41.3. The number of hydrogen-bond acceptors (Lipinski definition) is 12. The number of carbonyl (C=O) groups is 1. The van der Waals surface area contributed by atoms with Crippen LogP contribution in [0.5, 0.6) is 17.2 Å². The molecule has 0 spiro atoms. The summed E-state index contributed by atoms with van der Waals surface area (Å²) in [6, 6.07) is 21.7. The first-order valence-corrected chi connectivity index (χ1v) is 20.4. The van der Waals surface area contributed by atoms with Crippen molar-refractivity contribution in [2.24, 2.45) is 0 Å². The van der Waals surface area contributed by atoms with E-state index in [-0.39, 0.29) is 31.0 Å². The Balaban J connectivity index is 1.73. The highest BCUT2D eigenvalue weighted by Gasteiger charge is 2.38. The van der Waals surface area contributed by atoms with E-state index in [4.69, 9.17) is 19.3 Å². The van der Waals surface area contributed by atoms with Crippen LogP contribution in [0.3, 0.4) is 0 Å². The number of aromatic nitrogens is 4. The van der Waals surface area contributed by atoms with Crippen molar-refractivity contribution in [3.63, 3.8) is 0 Å². The standard InChI is InChI=1S/C35H38IN7O10S2/c1-51-27-10-4-23(5-11-27)19-42(20-24-6-12-28(52-2)13-7-24)55(49,50)33-31(54(47,48)39-26(22-44)18-37-35(45)46)17-16-30(36)32(33)34-38-40-41-43(34)21-25-8-14-29(53-3)15-9-25/h4-17,26,37,39,44H,18-22H2,1-3H3,(H,45,46)/t26-/m1/s1. The van der Waals surface area contributed by atoms with Crippen LogP contribution in [0.1, 0.15) is 16.7 Å². The molecule has 1 aromatic heterocycles. The molecule has 0 fully saturated rings. The second kappa shape index (κ2) is 18.2. The maximum Gasteiger partial charge on any atom is 0.404 e. The lowest BCUT2D eigenvalue weighted by Crippen LogP contribution is -2.46. The third-order valence-electron chi connectivity index (χ3n) is 8.28. The fraction of sp³-hybridized carbons (Fsp3) is 0.257. The second-order valence-corrected chi connectivity index (χ2v) is 16.6. The molecule has 1 atom stereocenters. The molecule has 292 valence electrons. The highest BCUT2D eigenvalue weighted by Crippen LogP contribution is 2.38. The van der Waals surface area contributed by atoms with E-state index < -0.39 is 55.1 Å². The van der Waals surface area contributed by atoms with Gasteiger partial charge >= 0.3 is 6.09 Å². The van der Waals surface area contributed by atoms with E-state index in [1.54, 1.807) is 72.8 Å². The second-order valence-electron chi connectivity index (χ2n) is 11.9. The molecule has 0 unspecified atom stereocenters. The first-order valence-electron chi connectivity index (χ1n) is 16.4. The smallest absolute Gasteiger partial charge is 0.404 e. The molecule has 17 nitrogen and oxygen atoms in total. The predicted molar refractivity (Wildman–Crippen MR) is 208 cm³/mol. The van der Waals surface area contributed by atoms with Crippen LogP contribution in [0.2, 0.25) is 0 Å². The van der Waals surface area contributed by atoms with Gasteiger partial charge in [-0.15, -0.1) is 5.10 Å². The molecular formula is C35H38IN7O10S2. The van der Waals surface area contributed by atoms with E-state index in [1.807, 2.05) is 27.9 Å². The van der Waals surface area contributed by atoms with Crippen molar-refractivity contribution in [2.75, 3.05) is 34.5 Å². The summed E-state index contributed by atoms with van der Waals surface area (Å²) >= 11 is 1.90. The summed E-state index contributed by atoms with van der Waals surface area (Å²) in [7, 11) is -5.11. The van der Waals surface area contributed by atoms with E-state index in [2.05, 4.69) is 20.2 Å². The van der Waals surface area contributed by atoms with Gasteiger partial charge in [0.2, 0.25) is 20.0 Å². The minimum absolute atomic E-state index is 0.0454. The molecule has 0 aliphatic carbocycles. The van der Waals surface area contributed by atoms with Crippen molar-refractivity contribution in [3.8, 4) is 28.6 Å². The number of benzene rings is 4. The molecule has 1 amide bonds. The minimum Gasteiger partial charge on any atom is -0.497 e. The molecule has 0 saturated heterocycles. The highest BCUT2D eigenvalue weighted by molar-refractivity contribution is 14.1. The summed E-state index contributed by atoms with van der Waals surface area (Å²) in [5.74, 6) is 1.66. The molecule has 5 aromatic rings. The number of amides is 1. The fourth-order valence-corrected chi connectivity index (χ4v) is 9.98. The molecule has 5 rings (SSSR count). The lowest BCUT2D eigenvalue weighted by Gasteiger charge is -2.26. The van der Waals surface area contributed by atoms with Crippen molar-refractivity contribution in [1.29, 1.82) is 0 Å². The van der Waals surface area contributed by atoms with Crippen molar-refractivity contribution >= 4 is 48.7 Å². The van der Waals surface area contributed by atoms with Crippen molar-refractivity contribution < 1.29 is 46.1 Å². The molecular weight excluding hydrogens is 869 g/mol. The van der Waals surface area contributed by atoms with Gasteiger partial charge in [-0.3, -0.25) is 0 Å². The number of nitrogens with one attached hydrogen (secondary N) is 2. The quantitative estimate of drug-likeness (QED) is 0.0928. The number of methoxy groups -OCH3 is 3. The van der Waals surface area contributed by atoms with Gasteiger partial charge < -0.3 is 29.7 Å². The van der Waals surface area contributed by atoms with Gasteiger partial charge in [-0.1, -0.05) is 36.4 Å². The van der Waals surface area contributed by atoms with Crippen LogP contribution in [-0.4, -0.2) is 98.2 Å². The topological polar surface area (TPSA) is 224 Å². The van der Waals surface area contributed by atoms with Gasteiger partial charge in [0.1, 0.15) is 27.0 Å². The lowest BCUT2D eigenvalue weighted by molar-refractivity contribution is 0.190. The van der Waals surface area contributed by atoms with Crippen molar-refractivity contribution in [1.82, 2.24) is 34.6 Å². The van der Waals surface area contributed by atoms with Gasteiger partial charge in [-0.2, -0.15) is 4.31 Å². The van der Waals surface area contributed by atoms with E-state index in [9.17, 15) is 18.3 Å². The largest absolute Gasteiger partial charge is 0.497 e. The molecule has 0 bridgehead atoms. The minimum atomic E-state index is -4.84. The number of tetrazole rings is 1. The number of halogens is 1. The average molecular weight is 908 g/mol. The number of aliphatic hydroxyl groups is 1. The molecule has 4 aromatic carbocycles. The predicted octanol–water partition coefficient (Wildman–Crippen LogP) is 3.32. The number of sulfonamides is 2. The Labute approximate surface area is 331 Å².